The molecule has 0 saturated heterocycles. The van der Waals surface area contributed by atoms with Gasteiger partial charge in [0.15, 0.2) is 0 Å². The fourth-order valence-corrected chi connectivity index (χ4v) is 22.9. The highest BCUT2D eigenvalue weighted by atomic mass is 14.5. The van der Waals surface area contributed by atoms with E-state index in [-0.39, 0.29) is 21.7 Å². The van der Waals surface area contributed by atoms with E-state index in [1.807, 2.05) is 36.4 Å². The second-order valence-corrected chi connectivity index (χ2v) is 37.6. The van der Waals surface area contributed by atoms with Crippen LogP contribution in [-0.2, 0) is 21.7 Å². The molecule has 25 aromatic rings. The van der Waals surface area contributed by atoms with Crippen molar-refractivity contribution in [1.29, 1.82) is 0 Å². The van der Waals surface area contributed by atoms with Crippen LogP contribution in [0.4, 0.5) is 0 Å². The van der Waals surface area contributed by atoms with Crippen molar-refractivity contribution in [3.8, 4) is 0 Å². The molecule has 0 unspecified atom stereocenters. The number of rotatable bonds is 4. The summed E-state index contributed by atoms with van der Waals surface area (Å²) in [7, 11) is 0. The lowest BCUT2D eigenvalue weighted by Crippen LogP contribution is -2.22. The van der Waals surface area contributed by atoms with Gasteiger partial charge in [-0.2, -0.15) is 0 Å². The lowest BCUT2D eigenvalue weighted by atomic mass is 9.73. The Morgan fingerprint density at radius 1 is 0.127 bits per heavy atom. The Labute approximate surface area is 785 Å². The molecule has 25 aromatic carbocycles. The van der Waals surface area contributed by atoms with Crippen molar-refractivity contribution in [2.24, 2.45) is 0 Å². The summed E-state index contributed by atoms with van der Waals surface area (Å²) in [4.78, 5) is 0. The molecule has 29 rings (SSSR count). The average Bonchev–Trinajstić information content (AvgIpc) is 1.55. The fourth-order valence-electron chi connectivity index (χ4n) is 22.9. The third-order valence-electron chi connectivity index (χ3n) is 29.8. The van der Waals surface area contributed by atoms with Crippen LogP contribution in [0.5, 0.6) is 0 Å². The lowest BCUT2D eigenvalue weighted by Gasteiger charge is -2.29. The molecular formula is C134H104. The number of benzene rings is 25. The molecule has 0 N–H and O–H groups in total. The molecule has 0 atom stereocenters. The van der Waals surface area contributed by atoms with Crippen molar-refractivity contribution < 1.29 is 0 Å². The zero-order valence-corrected chi connectivity index (χ0v) is 77.2. The minimum Gasteiger partial charge on any atom is -0.0622 e. The van der Waals surface area contributed by atoms with Gasteiger partial charge in [0.25, 0.3) is 0 Å². The van der Waals surface area contributed by atoms with E-state index in [9.17, 15) is 0 Å². The van der Waals surface area contributed by atoms with Gasteiger partial charge >= 0.3 is 0 Å². The normalized spacial score (nSPS) is 13.5. The number of aryl methyl sites for hydroxylation is 4. The first-order valence-electron chi connectivity index (χ1n) is 47.3. The molecular weight excluding hydrogens is 1610 g/mol. The Bertz CT molecular complexity index is 8050. The number of hydrogen-bond acceptors (Lipinski definition) is 0. The Morgan fingerprint density at radius 3 is 0.627 bits per heavy atom. The van der Waals surface area contributed by atoms with Crippen LogP contribution in [-0.4, -0.2) is 0 Å². The number of fused-ring (bicyclic) bond motifs is 2. The largest absolute Gasteiger partial charge is 0.0622 e. The molecule has 0 bridgehead atoms. The van der Waals surface area contributed by atoms with Gasteiger partial charge in [-0.15, -0.1) is 0 Å². The summed E-state index contributed by atoms with van der Waals surface area (Å²) in [6.45, 7) is 18.0. The van der Waals surface area contributed by atoms with Crippen molar-refractivity contribution in [1.82, 2.24) is 0 Å². The van der Waals surface area contributed by atoms with E-state index >= 15 is 0 Å². The van der Waals surface area contributed by atoms with Gasteiger partial charge in [0.2, 0.25) is 0 Å². The molecule has 0 saturated carbocycles. The van der Waals surface area contributed by atoms with Gasteiger partial charge in [-0.25, -0.2) is 0 Å². The van der Waals surface area contributed by atoms with Crippen molar-refractivity contribution in [2.45, 2.75) is 77.0 Å². The Kier molecular flexibility index (Phi) is 21.5. The summed E-state index contributed by atoms with van der Waals surface area (Å²) < 4.78 is 0. The molecule has 4 aliphatic rings. The lowest BCUT2D eigenvalue weighted by molar-refractivity contribution is 0.716. The highest BCUT2D eigenvalue weighted by Gasteiger charge is 2.43. The molecule has 0 heterocycles. The molecule has 0 aromatic heterocycles. The van der Waals surface area contributed by atoms with Gasteiger partial charge < -0.3 is 0 Å². The first-order chi connectivity index (χ1) is 65.7. The van der Waals surface area contributed by atoms with E-state index in [4.69, 9.17) is 0 Å². The van der Waals surface area contributed by atoms with Crippen molar-refractivity contribution in [3.63, 3.8) is 0 Å². The quantitative estimate of drug-likeness (QED) is 0.154. The summed E-state index contributed by atoms with van der Waals surface area (Å²) in [5, 5.41) is 35.7. The maximum Gasteiger partial charge on any atom is 0.0436 e. The van der Waals surface area contributed by atoms with Gasteiger partial charge in [-0.05, 0) is 274 Å². The molecule has 0 aliphatic heterocycles. The molecule has 0 heteroatoms. The van der Waals surface area contributed by atoms with Gasteiger partial charge in [0, 0.05) is 21.7 Å². The van der Waals surface area contributed by atoms with Crippen LogP contribution >= 0.6 is 0 Å². The molecule has 0 fully saturated rings. The first kappa shape index (κ1) is 83.7. The zero-order chi connectivity index (χ0) is 90.8. The highest BCUT2D eigenvalue weighted by Crippen LogP contribution is 2.57. The van der Waals surface area contributed by atoms with E-state index in [0.29, 0.717) is 0 Å². The Morgan fingerprint density at radius 2 is 0.336 bits per heavy atom. The van der Waals surface area contributed by atoms with Crippen LogP contribution in [0.2, 0.25) is 0 Å². The van der Waals surface area contributed by atoms with Crippen LogP contribution in [0.1, 0.15) is 117 Å². The SMILES string of the molecule is CC1(c2ccc3ccccc3c2)c2cccc3ccc4cccc1c4c23.CC1(c2ccccc2)c2cccc3ccc4cccc1c4c23.CC1(c2ccccc2)c2cccc3ccc4cccc1c4c23.CC1(c2ccccc2)c2cccc3ccc4cccc1c4c23.Cc1ccc2ccc3cccc4ccc1c2c34.Cc1ccc2ccccc2c1.Cc1ccccc1.Cc1ccccc1. The molecule has 4 aliphatic carbocycles. The zero-order valence-electron chi connectivity index (χ0n) is 77.2. The van der Waals surface area contributed by atoms with Crippen LogP contribution in [0.25, 0.3) is 140 Å². The van der Waals surface area contributed by atoms with Gasteiger partial charge in [-0.1, -0.05) is 496 Å². The maximum absolute atomic E-state index is 2.39. The highest BCUT2D eigenvalue weighted by molar-refractivity contribution is 6.24. The molecule has 0 radical (unpaired) electrons. The van der Waals surface area contributed by atoms with E-state index in [1.54, 1.807) is 0 Å². The molecule has 0 nitrogen and oxygen atoms in total. The minimum absolute atomic E-state index is 0.0655. The van der Waals surface area contributed by atoms with Gasteiger partial charge in [0.1, 0.15) is 0 Å². The van der Waals surface area contributed by atoms with E-state index in [2.05, 4.69) is 504 Å². The topological polar surface area (TPSA) is 0 Å². The van der Waals surface area contributed by atoms with Crippen LogP contribution in [0.3, 0.4) is 0 Å². The fraction of sp³-hybridized carbons (Fsp3) is 0.0896. The maximum atomic E-state index is 2.39. The number of hydrogen-bond donors (Lipinski definition) is 0. The van der Waals surface area contributed by atoms with Gasteiger partial charge in [-0.3, -0.25) is 0 Å². The van der Waals surface area contributed by atoms with Gasteiger partial charge in [0.05, 0.1) is 0 Å². The summed E-state index contributed by atoms with van der Waals surface area (Å²) in [6, 6.07) is 175. The Balaban J connectivity index is 0.0000000918. The molecule has 0 amide bonds. The van der Waals surface area contributed by atoms with Crippen molar-refractivity contribution in [2.75, 3.05) is 0 Å². The van der Waals surface area contributed by atoms with E-state index in [1.165, 1.54) is 229 Å². The van der Waals surface area contributed by atoms with Crippen molar-refractivity contribution in [3.05, 3.63) is 574 Å². The van der Waals surface area contributed by atoms with Crippen molar-refractivity contribution >= 4 is 140 Å². The van der Waals surface area contributed by atoms with Crippen LogP contribution < -0.4 is 0 Å². The first-order valence-corrected chi connectivity index (χ1v) is 47.3. The standard InChI is InChI=1S/C26H18.3C22H16.C17H12.C11H10.2C7H8/c1-26(21-15-14-17-6-2-3-7-20(17)16-21)22-10-4-8-18-12-13-19-9-5-11-23(26)25(19)24(18)22;3*1-22(17-9-3-2-4-10-17)18-11-5-7-15-13-14-16-8-6-12-19(22)21(16)20(15)18;1-11-5-6-14-8-7-12-3-2-4-13-9-10-15(11)17(14)16(12)13;1-9-6-7-10-4-2-3-5-11(10)8-9;2*1-7-5-3-2-4-6-7/h2-16H,1H3;3*2-14H,1H3;2-10H,1H3;2-8H,1H3;2*2-6H,1H3. The van der Waals surface area contributed by atoms with Crippen LogP contribution in [0, 0.1) is 27.7 Å². The molecule has 640 valence electrons. The molecule has 0 spiro atoms. The summed E-state index contributed by atoms with van der Waals surface area (Å²) in [5.74, 6) is 0. The average molecular weight is 1710 g/mol. The summed E-state index contributed by atoms with van der Waals surface area (Å²) in [5.41, 5.74) is 21.9. The van der Waals surface area contributed by atoms with E-state index < -0.39 is 0 Å². The summed E-state index contributed by atoms with van der Waals surface area (Å²) >= 11 is 0. The third kappa shape index (κ3) is 14.2. The smallest absolute Gasteiger partial charge is 0.0436 e. The minimum atomic E-state index is -0.118. The Hall–Kier alpha value is -15.9. The summed E-state index contributed by atoms with van der Waals surface area (Å²) in [6.07, 6.45) is 0. The third-order valence-corrected chi connectivity index (χ3v) is 29.8. The van der Waals surface area contributed by atoms with Crippen LogP contribution in [0.15, 0.2) is 485 Å². The predicted molar refractivity (Wildman–Crippen MR) is 577 cm³/mol. The second kappa shape index (κ2) is 34.5. The molecule has 134 heavy (non-hydrogen) atoms. The van der Waals surface area contributed by atoms with E-state index in [0.717, 1.165) is 0 Å². The predicted octanol–water partition coefficient (Wildman–Crippen LogP) is 35.8. The monoisotopic (exact) mass is 1710 g/mol. The second-order valence-electron chi connectivity index (χ2n) is 37.6.